The van der Waals surface area contributed by atoms with Crippen molar-refractivity contribution in [3.8, 4) is 22.4 Å². The monoisotopic (exact) mass is 442 g/mol. The highest BCUT2D eigenvalue weighted by atomic mass is 32.1. The molecule has 0 atom stereocenters. The fourth-order valence-corrected chi connectivity index (χ4v) is 4.55. The summed E-state index contributed by atoms with van der Waals surface area (Å²) in [6.07, 6.45) is 1.91. The molecule has 0 bridgehead atoms. The van der Waals surface area contributed by atoms with E-state index in [1.54, 1.807) is 11.3 Å². The van der Waals surface area contributed by atoms with Crippen LogP contribution >= 0.6 is 11.3 Å². The molecule has 32 heavy (non-hydrogen) atoms. The maximum absolute atomic E-state index is 4.74. The van der Waals surface area contributed by atoms with Gasteiger partial charge in [0.05, 0.1) is 5.69 Å². The zero-order valence-electron chi connectivity index (χ0n) is 18.3. The van der Waals surface area contributed by atoms with E-state index in [0.29, 0.717) is 0 Å². The average molecular weight is 443 g/mol. The number of hydrogen-bond donors (Lipinski definition) is 1. The van der Waals surface area contributed by atoms with Gasteiger partial charge in [-0.3, -0.25) is 0 Å². The summed E-state index contributed by atoms with van der Waals surface area (Å²) in [6.45, 7) is 6.17. The third-order valence-electron chi connectivity index (χ3n) is 5.71. The van der Waals surface area contributed by atoms with Crippen molar-refractivity contribution in [1.82, 2.24) is 19.9 Å². The molecule has 1 aliphatic heterocycles. The molecule has 4 heterocycles. The van der Waals surface area contributed by atoms with E-state index >= 15 is 0 Å². The van der Waals surface area contributed by atoms with E-state index in [4.69, 9.17) is 4.98 Å². The van der Waals surface area contributed by atoms with E-state index in [1.165, 1.54) is 11.1 Å². The van der Waals surface area contributed by atoms with E-state index in [2.05, 4.69) is 73.9 Å². The Labute approximate surface area is 192 Å². The number of likely N-dealkylation sites (N-methyl/N-ethyl adjacent to an activating group) is 1. The Balaban J connectivity index is 1.31. The van der Waals surface area contributed by atoms with Crippen molar-refractivity contribution in [2.45, 2.75) is 6.92 Å². The Hall–Kier alpha value is -3.29. The van der Waals surface area contributed by atoms with E-state index < -0.39 is 0 Å². The summed E-state index contributed by atoms with van der Waals surface area (Å²) in [7, 11) is 2.17. The molecule has 5 rings (SSSR count). The van der Waals surface area contributed by atoms with Crippen molar-refractivity contribution in [3.05, 3.63) is 71.9 Å². The Kier molecular flexibility index (Phi) is 5.83. The maximum Gasteiger partial charge on any atom is 0.188 e. The molecule has 6 nitrogen and oxygen atoms in total. The number of aromatic nitrogens is 3. The number of hydrogen-bond acceptors (Lipinski definition) is 7. The maximum atomic E-state index is 4.74. The Morgan fingerprint density at radius 3 is 2.44 bits per heavy atom. The second kappa shape index (κ2) is 9.06. The van der Waals surface area contributed by atoms with E-state index in [1.807, 2.05) is 31.3 Å². The molecular formula is C25H26N6S. The normalized spacial score (nSPS) is 14.5. The molecule has 1 N–H and O–H groups in total. The van der Waals surface area contributed by atoms with Gasteiger partial charge in [-0.05, 0) is 49.4 Å². The van der Waals surface area contributed by atoms with Crippen LogP contribution in [0.4, 0.5) is 16.8 Å². The lowest BCUT2D eigenvalue weighted by Gasteiger charge is -2.33. The highest BCUT2D eigenvalue weighted by molar-refractivity contribution is 7.14. The zero-order chi connectivity index (χ0) is 21.9. The lowest BCUT2D eigenvalue weighted by Crippen LogP contribution is -2.44. The summed E-state index contributed by atoms with van der Waals surface area (Å²) >= 11 is 1.58. The molecule has 0 aliphatic carbocycles. The summed E-state index contributed by atoms with van der Waals surface area (Å²) in [5.74, 6) is 1.87. The number of anilines is 3. The third kappa shape index (κ3) is 4.64. The fourth-order valence-electron chi connectivity index (χ4n) is 3.83. The van der Waals surface area contributed by atoms with Crippen LogP contribution in [0.1, 0.15) is 5.69 Å². The minimum absolute atomic E-state index is 0.815. The molecule has 0 spiro atoms. The number of thiazole rings is 1. The second-order valence-corrected chi connectivity index (χ2v) is 8.96. The molecule has 4 aromatic rings. The van der Waals surface area contributed by atoms with Gasteiger partial charge in [-0.25, -0.2) is 15.0 Å². The van der Waals surface area contributed by atoms with Gasteiger partial charge in [0, 0.05) is 49.0 Å². The first-order valence-electron chi connectivity index (χ1n) is 10.8. The lowest BCUT2D eigenvalue weighted by atomic mass is 10.0. The number of nitrogens with zero attached hydrogens (tertiary/aromatic N) is 5. The molecule has 3 aromatic heterocycles. The molecule has 1 aliphatic rings. The first-order valence-corrected chi connectivity index (χ1v) is 11.7. The average Bonchev–Trinajstić information content (AvgIpc) is 3.28. The number of benzene rings is 1. The number of aryl methyl sites for hydroxylation is 1. The number of rotatable bonds is 5. The van der Waals surface area contributed by atoms with Crippen LogP contribution in [-0.4, -0.2) is 53.1 Å². The van der Waals surface area contributed by atoms with Crippen molar-refractivity contribution >= 4 is 28.1 Å². The predicted molar refractivity (Wildman–Crippen MR) is 133 cm³/mol. The molecule has 0 unspecified atom stereocenters. The molecular weight excluding hydrogens is 416 g/mol. The molecule has 1 aromatic carbocycles. The van der Waals surface area contributed by atoms with Gasteiger partial charge in [-0.2, -0.15) is 0 Å². The minimum Gasteiger partial charge on any atom is -0.354 e. The molecule has 162 valence electrons. The largest absolute Gasteiger partial charge is 0.354 e. The van der Waals surface area contributed by atoms with Crippen LogP contribution in [0.25, 0.3) is 22.4 Å². The summed E-state index contributed by atoms with van der Waals surface area (Å²) < 4.78 is 0. The van der Waals surface area contributed by atoms with E-state index in [0.717, 1.165) is 59.9 Å². The van der Waals surface area contributed by atoms with Gasteiger partial charge in [0.1, 0.15) is 11.6 Å². The van der Waals surface area contributed by atoms with Crippen LogP contribution in [0.3, 0.4) is 0 Å². The van der Waals surface area contributed by atoms with E-state index in [-0.39, 0.29) is 0 Å². The van der Waals surface area contributed by atoms with Crippen LogP contribution in [-0.2, 0) is 0 Å². The summed E-state index contributed by atoms with van der Waals surface area (Å²) in [5.41, 5.74) is 5.41. The Bertz CT molecular complexity index is 1200. The van der Waals surface area contributed by atoms with Crippen LogP contribution < -0.4 is 10.2 Å². The number of piperazine rings is 1. The van der Waals surface area contributed by atoms with Gasteiger partial charge in [-0.15, -0.1) is 11.3 Å². The minimum atomic E-state index is 0.815. The van der Waals surface area contributed by atoms with E-state index in [9.17, 15) is 0 Å². The third-order valence-corrected chi connectivity index (χ3v) is 6.47. The van der Waals surface area contributed by atoms with Crippen LogP contribution in [0.2, 0.25) is 0 Å². The zero-order valence-corrected chi connectivity index (χ0v) is 19.1. The van der Waals surface area contributed by atoms with Crippen molar-refractivity contribution in [2.24, 2.45) is 0 Å². The smallest absolute Gasteiger partial charge is 0.188 e. The van der Waals surface area contributed by atoms with Gasteiger partial charge in [0.25, 0.3) is 0 Å². The van der Waals surface area contributed by atoms with Crippen LogP contribution in [0.15, 0.2) is 66.2 Å². The SMILES string of the molecule is Cc1cccc(Nc2nc(-c3ccc(-c4ccnc(N5CCN(C)CC5)c4)cc3)cs2)n1. The van der Waals surface area contributed by atoms with Gasteiger partial charge < -0.3 is 15.1 Å². The van der Waals surface area contributed by atoms with Gasteiger partial charge in [0.15, 0.2) is 5.13 Å². The number of nitrogens with one attached hydrogen (secondary N) is 1. The molecule has 1 saturated heterocycles. The first-order chi connectivity index (χ1) is 15.6. The van der Waals surface area contributed by atoms with Crippen molar-refractivity contribution in [2.75, 3.05) is 43.4 Å². The molecule has 0 amide bonds. The van der Waals surface area contributed by atoms with Crippen LogP contribution in [0.5, 0.6) is 0 Å². The van der Waals surface area contributed by atoms with Crippen molar-refractivity contribution in [3.63, 3.8) is 0 Å². The predicted octanol–water partition coefficient (Wildman–Crippen LogP) is 5.07. The van der Waals surface area contributed by atoms with Gasteiger partial charge in [0.2, 0.25) is 0 Å². The summed E-state index contributed by atoms with van der Waals surface area (Å²) in [4.78, 5) is 18.6. The second-order valence-electron chi connectivity index (χ2n) is 8.10. The Morgan fingerprint density at radius 2 is 1.66 bits per heavy atom. The van der Waals surface area contributed by atoms with Gasteiger partial charge >= 0.3 is 0 Å². The van der Waals surface area contributed by atoms with Crippen molar-refractivity contribution in [1.29, 1.82) is 0 Å². The quantitative estimate of drug-likeness (QED) is 0.466. The fraction of sp³-hybridized carbons (Fsp3) is 0.240. The van der Waals surface area contributed by atoms with Crippen molar-refractivity contribution < 1.29 is 0 Å². The lowest BCUT2D eigenvalue weighted by molar-refractivity contribution is 0.312. The number of pyridine rings is 2. The highest BCUT2D eigenvalue weighted by Gasteiger charge is 2.15. The molecule has 0 radical (unpaired) electrons. The molecule has 1 fully saturated rings. The molecule has 7 heteroatoms. The highest BCUT2D eigenvalue weighted by Crippen LogP contribution is 2.29. The standard InChI is InChI=1S/C25H26N6S/c1-18-4-3-5-23(27-18)29-25-28-22(17-32-25)20-8-6-19(7-9-20)21-10-11-26-24(16-21)31-14-12-30(2)13-15-31/h3-11,16-17H,12-15H2,1-2H3,(H,27,28,29). The summed E-state index contributed by atoms with van der Waals surface area (Å²) in [6, 6.07) is 18.8. The first kappa shape index (κ1) is 20.6. The Morgan fingerprint density at radius 1 is 0.875 bits per heavy atom. The summed E-state index contributed by atoms with van der Waals surface area (Å²) in [5, 5.41) is 6.21. The van der Waals surface area contributed by atoms with Gasteiger partial charge in [-0.1, -0.05) is 30.3 Å². The topological polar surface area (TPSA) is 57.2 Å². The molecule has 0 saturated carbocycles. The van der Waals surface area contributed by atoms with Crippen LogP contribution in [0, 0.1) is 6.92 Å².